The van der Waals surface area contributed by atoms with E-state index in [1.165, 1.54) is 23.5 Å². The number of carbonyl (C=O) groups excluding carboxylic acids is 2. The lowest BCUT2D eigenvalue weighted by Gasteiger charge is -2.11. The van der Waals surface area contributed by atoms with Crippen LogP contribution in [0.1, 0.15) is 20.7 Å². The van der Waals surface area contributed by atoms with Crippen molar-refractivity contribution in [2.75, 3.05) is 5.32 Å². The van der Waals surface area contributed by atoms with Crippen molar-refractivity contribution >= 4 is 73.4 Å². The first-order chi connectivity index (χ1) is 12.8. The zero-order valence-electron chi connectivity index (χ0n) is 13.2. The summed E-state index contributed by atoms with van der Waals surface area (Å²) in [4.78, 5) is 24.5. The van der Waals surface area contributed by atoms with Crippen LogP contribution in [-0.4, -0.2) is 20.2 Å². The van der Waals surface area contributed by atoms with E-state index < -0.39 is 21.8 Å². The summed E-state index contributed by atoms with van der Waals surface area (Å²) >= 11 is 13.9. The quantitative estimate of drug-likeness (QED) is 0.586. The summed E-state index contributed by atoms with van der Waals surface area (Å²) in [6.07, 6.45) is 0. The molecule has 0 bridgehead atoms. The lowest BCUT2D eigenvalue weighted by molar-refractivity contribution is 0.0982. The number of hydrogen-bond donors (Lipinski definition) is 2. The highest BCUT2D eigenvalue weighted by Gasteiger charge is 2.25. The van der Waals surface area contributed by atoms with Gasteiger partial charge in [0.15, 0.2) is 0 Å². The zero-order chi connectivity index (χ0) is 19.6. The molecule has 11 heteroatoms. The molecular formula is C16H10Cl2N2O4S3. The molecule has 0 atom stereocenters. The van der Waals surface area contributed by atoms with Crippen LogP contribution in [0.15, 0.2) is 52.1 Å². The van der Waals surface area contributed by atoms with Gasteiger partial charge in [-0.3, -0.25) is 9.59 Å². The van der Waals surface area contributed by atoms with Gasteiger partial charge in [0.1, 0.15) is 9.23 Å². The van der Waals surface area contributed by atoms with Gasteiger partial charge < -0.3 is 5.32 Å². The Bertz CT molecular complexity index is 1110. The molecule has 3 aromatic rings. The van der Waals surface area contributed by atoms with E-state index in [1.54, 1.807) is 29.0 Å². The van der Waals surface area contributed by atoms with Crippen LogP contribution in [0.25, 0.3) is 0 Å². The summed E-state index contributed by atoms with van der Waals surface area (Å²) in [7, 11) is -4.22. The number of sulfonamides is 1. The Hall–Kier alpha value is -1.91. The highest BCUT2D eigenvalue weighted by molar-refractivity contribution is 7.90. The van der Waals surface area contributed by atoms with E-state index in [0.29, 0.717) is 5.56 Å². The summed E-state index contributed by atoms with van der Waals surface area (Å²) in [6, 6.07) is 8.86. The van der Waals surface area contributed by atoms with Crippen molar-refractivity contribution in [3.63, 3.8) is 0 Å². The van der Waals surface area contributed by atoms with E-state index in [0.717, 1.165) is 17.4 Å². The monoisotopic (exact) mass is 460 g/mol. The van der Waals surface area contributed by atoms with Gasteiger partial charge in [-0.1, -0.05) is 35.3 Å². The standard InChI is InChI=1S/C16H10Cl2N2O4S3/c17-13-7-12(14(18)26-13)27(23,24)20-16(22)10-3-1-2-4-11(10)19-15(21)9-5-6-25-8-9/h1-8H,(H,19,21)(H,20,22). The Kier molecular flexibility index (Phi) is 5.87. The predicted molar refractivity (Wildman–Crippen MR) is 108 cm³/mol. The average molecular weight is 461 g/mol. The summed E-state index contributed by atoms with van der Waals surface area (Å²) in [5, 5.41) is 6.01. The second-order valence-electron chi connectivity index (χ2n) is 5.13. The number of anilines is 1. The largest absolute Gasteiger partial charge is 0.321 e. The molecule has 2 N–H and O–H groups in total. The summed E-state index contributed by atoms with van der Waals surface area (Å²) in [5.74, 6) is -1.32. The van der Waals surface area contributed by atoms with E-state index in [9.17, 15) is 18.0 Å². The van der Waals surface area contributed by atoms with E-state index in [4.69, 9.17) is 23.2 Å². The smallest absolute Gasteiger partial charge is 0.267 e. The van der Waals surface area contributed by atoms with Crippen LogP contribution < -0.4 is 10.0 Å². The Labute approximate surface area is 172 Å². The van der Waals surface area contributed by atoms with Crippen LogP contribution in [0.4, 0.5) is 5.69 Å². The normalized spacial score (nSPS) is 11.2. The molecule has 3 rings (SSSR count). The van der Waals surface area contributed by atoms with Gasteiger partial charge in [-0.15, -0.1) is 11.3 Å². The predicted octanol–water partition coefficient (Wildman–Crippen LogP) is 4.49. The molecular weight excluding hydrogens is 451 g/mol. The van der Waals surface area contributed by atoms with Gasteiger partial charge in [0.25, 0.3) is 21.8 Å². The van der Waals surface area contributed by atoms with Crippen LogP contribution in [0.2, 0.25) is 8.67 Å². The highest BCUT2D eigenvalue weighted by atomic mass is 35.5. The maximum Gasteiger partial charge on any atom is 0.267 e. The summed E-state index contributed by atoms with van der Waals surface area (Å²) < 4.78 is 26.9. The van der Waals surface area contributed by atoms with Crippen LogP contribution >= 0.6 is 45.9 Å². The average Bonchev–Trinajstić information content (AvgIpc) is 3.24. The van der Waals surface area contributed by atoms with Gasteiger partial charge >= 0.3 is 0 Å². The molecule has 27 heavy (non-hydrogen) atoms. The molecule has 0 saturated heterocycles. The third-order valence-electron chi connectivity index (χ3n) is 3.35. The van der Waals surface area contributed by atoms with Gasteiger partial charge in [-0.05, 0) is 29.6 Å². The fourth-order valence-electron chi connectivity index (χ4n) is 2.12. The van der Waals surface area contributed by atoms with Gasteiger partial charge in [0.05, 0.1) is 21.2 Å². The topological polar surface area (TPSA) is 92.3 Å². The van der Waals surface area contributed by atoms with Crippen LogP contribution in [0.3, 0.4) is 0 Å². The van der Waals surface area contributed by atoms with Crippen LogP contribution in [0.5, 0.6) is 0 Å². The maximum absolute atomic E-state index is 12.5. The molecule has 0 aliphatic heterocycles. The molecule has 140 valence electrons. The molecule has 6 nitrogen and oxygen atoms in total. The molecule has 0 aliphatic rings. The fraction of sp³-hybridized carbons (Fsp3) is 0. The zero-order valence-corrected chi connectivity index (χ0v) is 17.2. The number of amides is 2. The highest BCUT2D eigenvalue weighted by Crippen LogP contribution is 2.34. The Morgan fingerprint density at radius 2 is 1.78 bits per heavy atom. The molecule has 0 unspecified atom stereocenters. The van der Waals surface area contributed by atoms with Crippen LogP contribution in [-0.2, 0) is 10.0 Å². The number of para-hydroxylation sites is 1. The molecule has 0 spiro atoms. The van der Waals surface area contributed by atoms with Crippen molar-refractivity contribution in [1.29, 1.82) is 0 Å². The lowest BCUT2D eigenvalue weighted by Crippen LogP contribution is -2.31. The third-order valence-corrected chi connectivity index (χ3v) is 7.11. The third kappa shape index (κ3) is 4.50. The number of thiophene rings is 2. The number of benzene rings is 1. The number of nitrogens with one attached hydrogen (secondary N) is 2. The Morgan fingerprint density at radius 3 is 2.41 bits per heavy atom. The molecule has 0 saturated carbocycles. The molecule has 2 heterocycles. The minimum absolute atomic E-state index is 0.0119. The Morgan fingerprint density at radius 1 is 1.04 bits per heavy atom. The van der Waals surface area contributed by atoms with Crippen molar-refractivity contribution in [1.82, 2.24) is 4.72 Å². The first-order valence-electron chi connectivity index (χ1n) is 7.22. The number of halogens is 2. The van der Waals surface area contributed by atoms with Crippen molar-refractivity contribution in [2.45, 2.75) is 4.90 Å². The molecule has 0 radical (unpaired) electrons. The van der Waals surface area contributed by atoms with Crippen molar-refractivity contribution in [2.24, 2.45) is 0 Å². The number of carbonyl (C=O) groups is 2. The first-order valence-corrected chi connectivity index (χ1v) is 11.2. The van der Waals surface area contributed by atoms with E-state index in [1.807, 2.05) is 4.72 Å². The summed E-state index contributed by atoms with van der Waals surface area (Å²) in [5.41, 5.74) is 0.598. The first kappa shape index (κ1) is 19.8. The van der Waals surface area contributed by atoms with Gasteiger partial charge in [-0.25, -0.2) is 13.1 Å². The van der Waals surface area contributed by atoms with Crippen molar-refractivity contribution in [3.8, 4) is 0 Å². The van der Waals surface area contributed by atoms with Crippen LogP contribution in [0, 0.1) is 0 Å². The Balaban J connectivity index is 1.85. The van der Waals surface area contributed by atoms with E-state index in [2.05, 4.69) is 5.32 Å². The van der Waals surface area contributed by atoms with Gasteiger partial charge in [0, 0.05) is 5.38 Å². The van der Waals surface area contributed by atoms with E-state index >= 15 is 0 Å². The second-order valence-corrected chi connectivity index (χ2v) is 9.85. The molecule has 2 amide bonds. The minimum atomic E-state index is -4.22. The number of hydrogen-bond acceptors (Lipinski definition) is 6. The van der Waals surface area contributed by atoms with E-state index in [-0.39, 0.29) is 24.8 Å². The minimum Gasteiger partial charge on any atom is -0.321 e. The van der Waals surface area contributed by atoms with Gasteiger partial charge in [0.2, 0.25) is 0 Å². The number of rotatable bonds is 5. The molecule has 1 aromatic carbocycles. The SMILES string of the molecule is O=C(Nc1ccccc1C(=O)NS(=O)(=O)c1cc(Cl)sc1Cl)c1ccsc1. The maximum atomic E-state index is 12.5. The molecule has 0 aliphatic carbocycles. The fourth-order valence-corrected chi connectivity index (χ4v) is 5.87. The summed E-state index contributed by atoms with van der Waals surface area (Å²) in [6.45, 7) is 0. The van der Waals surface area contributed by atoms with Crippen molar-refractivity contribution in [3.05, 3.63) is 67.0 Å². The van der Waals surface area contributed by atoms with Crippen molar-refractivity contribution < 1.29 is 18.0 Å². The molecule has 2 aromatic heterocycles. The second kappa shape index (κ2) is 7.99. The lowest BCUT2D eigenvalue weighted by atomic mass is 10.1. The molecule has 0 fully saturated rings. The van der Waals surface area contributed by atoms with Gasteiger partial charge in [-0.2, -0.15) is 11.3 Å².